The van der Waals surface area contributed by atoms with Gasteiger partial charge in [0.2, 0.25) is 0 Å². The smallest absolute Gasteiger partial charge is 0.191 e. The maximum absolute atomic E-state index is 4.79. The Hall–Kier alpha value is -0.830. The van der Waals surface area contributed by atoms with Gasteiger partial charge in [0, 0.05) is 31.9 Å². The second-order valence-electron chi connectivity index (χ2n) is 7.97. The van der Waals surface area contributed by atoms with Crippen molar-refractivity contribution in [3.63, 3.8) is 0 Å². The molecule has 2 rings (SSSR count). The predicted molar refractivity (Wildman–Crippen MR) is 130 cm³/mol. The first kappa shape index (κ1) is 25.2. The number of aromatic nitrogens is 2. The highest BCUT2D eigenvalue weighted by atomic mass is 127. The number of guanidine groups is 1. The van der Waals surface area contributed by atoms with E-state index in [2.05, 4.69) is 52.2 Å². The van der Waals surface area contributed by atoms with Crippen LogP contribution in [0.25, 0.3) is 0 Å². The van der Waals surface area contributed by atoms with Crippen molar-refractivity contribution in [2.75, 3.05) is 39.3 Å². The van der Waals surface area contributed by atoms with Crippen molar-refractivity contribution < 1.29 is 0 Å². The van der Waals surface area contributed by atoms with Crippen LogP contribution in [0.3, 0.4) is 0 Å². The summed E-state index contributed by atoms with van der Waals surface area (Å²) < 4.78 is 2.09. The molecule has 1 unspecified atom stereocenters. The molecule has 1 atom stereocenters. The Morgan fingerprint density at radius 3 is 2.50 bits per heavy atom. The third kappa shape index (κ3) is 9.58. The van der Waals surface area contributed by atoms with Crippen LogP contribution in [0.5, 0.6) is 0 Å². The third-order valence-corrected chi connectivity index (χ3v) is 5.14. The fourth-order valence-corrected chi connectivity index (χ4v) is 3.67. The molecule has 28 heavy (non-hydrogen) atoms. The zero-order valence-electron chi connectivity index (χ0n) is 18.3. The van der Waals surface area contributed by atoms with Crippen LogP contribution in [0.2, 0.25) is 0 Å². The van der Waals surface area contributed by atoms with Gasteiger partial charge in [-0.3, -0.25) is 9.67 Å². The van der Waals surface area contributed by atoms with E-state index >= 15 is 0 Å². The Morgan fingerprint density at radius 2 is 1.89 bits per heavy atom. The second kappa shape index (κ2) is 14.2. The first-order valence-electron chi connectivity index (χ1n) is 10.8. The molecule has 0 saturated carbocycles. The molecule has 0 amide bonds. The lowest BCUT2D eigenvalue weighted by atomic mass is 10.2. The van der Waals surface area contributed by atoms with Gasteiger partial charge in [0.1, 0.15) is 0 Å². The molecule has 1 aromatic heterocycles. The van der Waals surface area contributed by atoms with Crippen molar-refractivity contribution in [3.8, 4) is 0 Å². The molecule has 0 radical (unpaired) electrons. The minimum Gasteiger partial charge on any atom is -0.357 e. The van der Waals surface area contributed by atoms with Gasteiger partial charge in [-0.15, -0.1) is 24.0 Å². The molecular formula is C21H41IN6. The molecule has 1 aromatic rings. The molecule has 2 N–H and O–H groups in total. The van der Waals surface area contributed by atoms with Gasteiger partial charge < -0.3 is 15.5 Å². The minimum atomic E-state index is 0. The lowest BCUT2D eigenvalue weighted by molar-refractivity contribution is 0.282. The summed E-state index contributed by atoms with van der Waals surface area (Å²) in [5.74, 6) is 1.39. The molecule has 1 aliphatic rings. The topological polar surface area (TPSA) is 57.5 Å². The van der Waals surface area contributed by atoms with Crippen LogP contribution < -0.4 is 10.6 Å². The van der Waals surface area contributed by atoms with Crippen LogP contribution in [-0.4, -0.2) is 59.9 Å². The predicted octanol–water partition coefficient (Wildman–Crippen LogP) is 3.58. The Balaban J connectivity index is 0.00000392. The fourth-order valence-electron chi connectivity index (χ4n) is 3.67. The van der Waals surface area contributed by atoms with Gasteiger partial charge in [-0.05, 0) is 71.7 Å². The van der Waals surface area contributed by atoms with Crippen molar-refractivity contribution in [2.45, 2.75) is 66.3 Å². The van der Waals surface area contributed by atoms with Crippen LogP contribution in [0, 0.1) is 19.8 Å². The van der Waals surface area contributed by atoms with E-state index in [1.807, 2.05) is 6.92 Å². The number of hydrogen-bond acceptors (Lipinski definition) is 3. The van der Waals surface area contributed by atoms with E-state index in [0.717, 1.165) is 37.8 Å². The van der Waals surface area contributed by atoms with Gasteiger partial charge in [0.25, 0.3) is 0 Å². The van der Waals surface area contributed by atoms with Crippen molar-refractivity contribution in [1.82, 2.24) is 25.3 Å². The van der Waals surface area contributed by atoms with Crippen LogP contribution >= 0.6 is 24.0 Å². The summed E-state index contributed by atoms with van der Waals surface area (Å²) in [5, 5.41) is 11.4. The average molecular weight is 505 g/mol. The summed E-state index contributed by atoms with van der Waals surface area (Å²) in [6.45, 7) is 15.9. The van der Waals surface area contributed by atoms with E-state index in [4.69, 9.17) is 4.99 Å². The molecule has 162 valence electrons. The molecule has 0 bridgehead atoms. The van der Waals surface area contributed by atoms with Crippen molar-refractivity contribution in [1.29, 1.82) is 0 Å². The standard InChI is InChI=1S/C21H40N6.HI/c1-5-22-21(23-11-10-14-26-12-8-6-7-9-13-26)24-16-18(2)17-27-20(4)15-19(3)25-27;/h15,18H,5-14,16-17H2,1-4H3,(H2,22,23,24);1H. The van der Waals surface area contributed by atoms with Crippen LogP contribution in [-0.2, 0) is 6.54 Å². The Morgan fingerprint density at radius 1 is 1.18 bits per heavy atom. The first-order chi connectivity index (χ1) is 13.1. The van der Waals surface area contributed by atoms with E-state index in [0.29, 0.717) is 5.92 Å². The number of hydrogen-bond donors (Lipinski definition) is 2. The molecule has 7 heteroatoms. The lowest BCUT2D eigenvalue weighted by Crippen LogP contribution is -2.39. The number of nitrogens with one attached hydrogen (secondary N) is 2. The molecule has 6 nitrogen and oxygen atoms in total. The lowest BCUT2D eigenvalue weighted by Gasteiger charge is -2.20. The fraction of sp³-hybridized carbons (Fsp3) is 0.810. The Kier molecular flexibility index (Phi) is 12.8. The molecule has 1 saturated heterocycles. The summed E-state index contributed by atoms with van der Waals surface area (Å²) in [5.41, 5.74) is 2.31. The van der Waals surface area contributed by atoms with Crippen LogP contribution in [0.15, 0.2) is 11.1 Å². The van der Waals surface area contributed by atoms with E-state index in [9.17, 15) is 0 Å². The summed E-state index contributed by atoms with van der Waals surface area (Å²) >= 11 is 0. The maximum atomic E-state index is 4.79. The highest BCUT2D eigenvalue weighted by Crippen LogP contribution is 2.09. The number of likely N-dealkylation sites (tertiary alicyclic amines) is 1. The summed E-state index contributed by atoms with van der Waals surface area (Å²) in [4.78, 5) is 7.41. The number of rotatable bonds is 9. The van der Waals surface area contributed by atoms with Gasteiger partial charge >= 0.3 is 0 Å². The molecule has 1 aliphatic heterocycles. The molecule has 0 aliphatic carbocycles. The highest BCUT2D eigenvalue weighted by molar-refractivity contribution is 14.0. The van der Waals surface area contributed by atoms with Gasteiger partial charge in [0.15, 0.2) is 5.96 Å². The van der Waals surface area contributed by atoms with Crippen molar-refractivity contribution in [3.05, 3.63) is 17.5 Å². The number of aliphatic imine (C=N–C) groups is 1. The molecular weight excluding hydrogens is 463 g/mol. The molecule has 0 aromatic carbocycles. The number of aryl methyl sites for hydroxylation is 2. The van der Waals surface area contributed by atoms with Crippen LogP contribution in [0.4, 0.5) is 0 Å². The van der Waals surface area contributed by atoms with Crippen molar-refractivity contribution >= 4 is 29.9 Å². The second-order valence-corrected chi connectivity index (χ2v) is 7.97. The van der Waals surface area contributed by atoms with E-state index in [-0.39, 0.29) is 24.0 Å². The highest BCUT2D eigenvalue weighted by Gasteiger charge is 2.09. The maximum Gasteiger partial charge on any atom is 0.191 e. The Labute approximate surface area is 189 Å². The summed E-state index contributed by atoms with van der Waals surface area (Å²) in [7, 11) is 0. The molecule has 1 fully saturated rings. The quantitative estimate of drug-likeness (QED) is 0.234. The van der Waals surface area contributed by atoms with E-state index < -0.39 is 0 Å². The summed E-state index contributed by atoms with van der Waals surface area (Å²) in [6, 6.07) is 2.13. The number of nitrogens with zero attached hydrogens (tertiary/aromatic N) is 4. The van der Waals surface area contributed by atoms with E-state index in [1.165, 1.54) is 57.4 Å². The minimum absolute atomic E-state index is 0. The monoisotopic (exact) mass is 504 g/mol. The SMILES string of the molecule is CCNC(=NCC(C)Cn1nc(C)cc1C)NCCCN1CCCCCC1.I. The van der Waals surface area contributed by atoms with Crippen LogP contribution in [0.1, 0.15) is 57.3 Å². The molecule has 2 heterocycles. The number of halogens is 1. The van der Waals surface area contributed by atoms with Crippen molar-refractivity contribution in [2.24, 2.45) is 10.9 Å². The molecule has 0 spiro atoms. The third-order valence-electron chi connectivity index (χ3n) is 5.14. The normalized spacial score (nSPS) is 16.9. The Bertz CT molecular complexity index is 563. The van der Waals surface area contributed by atoms with Gasteiger partial charge in [-0.1, -0.05) is 19.8 Å². The zero-order chi connectivity index (χ0) is 19.5. The largest absolute Gasteiger partial charge is 0.357 e. The zero-order valence-corrected chi connectivity index (χ0v) is 20.7. The van der Waals surface area contributed by atoms with E-state index in [1.54, 1.807) is 0 Å². The summed E-state index contributed by atoms with van der Waals surface area (Å²) in [6.07, 6.45) is 6.71. The van der Waals surface area contributed by atoms with Gasteiger partial charge in [-0.25, -0.2) is 0 Å². The first-order valence-corrected chi connectivity index (χ1v) is 10.8. The van der Waals surface area contributed by atoms with Gasteiger partial charge in [0.05, 0.1) is 5.69 Å². The van der Waals surface area contributed by atoms with Gasteiger partial charge in [-0.2, -0.15) is 5.10 Å². The average Bonchev–Trinajstić information content (AvgIpc) is 2.82.